The molecule has 212 valence electrons. The SMILES string of the molecule is COc1ccccc1-c1cc(=O)n(CC2(O)CCN(C(=O)CCc3ccccc3)CC2)cc1C(=O)N(C)C(C)C. The standard InChI is InChI=1S/C32H39N3O5/c1-23(2)33(3)31(38)27-21-35(30(37)20-26(27)25-12-8-9-13-28(25)40-4)22-32(39)16-18-34(19-17-32)29(36)15-14-24-10-6-5-7-11-24/h5-13,20-21,23,39H,14-19,22H2,1-4H3. The van der Waals surface area contributed by atoms with E-state index in [0.29, 0.717) is 61.2 Å². The summed E-state index contributed by atoms with van der Waals surface area (Å²) in [7, 11) is 3.28. The molecule has 2 amide bonds. The molecule has 2 aromatic carbocycles. The smallest absolute Gasteiger partial charge is 0.255 e. The molecule has 3 aromatic rings. The van der Waals surface area contributed by atoms with Crippen LogP contribution in [0.2, 0.25) is 0 Å². The summed E-state index contributed by atoms with van der Waals surface area (Å²) >= 11 is 0. The van der Waals surface area contributed by atoms with Crippen molar-refractivity contribution in [2.45, 2.75) is 57.7 Å². The summed E-state index contributed by atoms with van der Waals surface area (Å²) in [6.45, 7) is 4.72. The Morgan fingerprint density at radius 3 is 2.33 bits per heavy atom. The number of carbonyl (C=O) groups is 2. The van der Waals surface area contributed by atoms with Crippen molar-refractivity contribution in [3.63, 3.8) is 0 Å². The van der Waals surface area contributed by atoms with E-state index >= 15 is 0 Å². The zero-order valence-corrected chi connectivity index (χ0v) is 23.8. The van der Waals surface area contributed by atoms with Crippen LogP contribution in [0.4, 0.5) is 0 Å². The summed E-state index contributed by atoms with van der Waals surface area (Å²) in [6, 6.07) is 18.6. The van der Waals surface area contributed by atoms with Gasteiger partial charge in [0.1, 0.15) is 5.75 Å². The number of pyridine rings is 1. The highest BCUT2D eigenvalue weighted by molar-refractivity contribution is 6.01. The quantitative estimate of drug-likeness (QED) is 0.439. The molecule has 1 N–H and O–H groups in total. The largest absolute Gasteiger partial charge is 0.496 e. The lowest BCUT2D eigenvalue weighted by Crippen LogP contribution is -2.49. The molecule has 0 spiro atoms. The highest BCUT2D eigenvalue weighted by atomic mass is 16.5. The van der Waals surface area contributed by atoms with Gasteiger partial charge in [-0.25, -0.2) is 0 Å². The number of hydrogen-bond acceptors (Lipinski definition) is 5. The lowest BCUT2D eigenvalue weighted by molar-refractivity contribution is -0.135. The van der Waals surface area contributed by atoms with E-state index in [1.807, 2.05) is 62.4 Å². The summed E-state index contributed by atoms with van der Waals surface area (Å²) < 4.78 is 6.94. The first kappa shape index (κ1) is 29.1. The number of nitrogens with zero attached hydrogens (tertiary/aromatic N) is 3. The van der Waals surface area contributed by atoms with E-state index in [0.717, 1.165) is 5.56 Å². The minimum Gasteiger partial charge on any atom is -0.496 e. The Morgan fingerprint density at radius 2 is 1.68 bits per heavy atom. The van der Waals surface area contributed by atoms with Crippen LogP contribution in [-0.4, -0.2) is 70.2 Å². The normalized spacial score (nSPS) is 14.7. The lowest BCUT2D eigenvalue weighted by Gasteiger charge is -2.38. The molecule has 0 unspecified atom stereocenters. The molecule has 8 heteroatoms. The minimum absolute atomic E-state index is 0.0375. The van der Waals surface area contributed by atoms with Crippen LogP contribution >= 0.6 is 0 Å². The van der Waals surface area contributed by atoms with Crippen molar-refractivity contribution in [2.75, 3.05) is 27.2 Å². The molecule has 1 aliphatic rings. The van der Waals surface area contributed by atoms with Crippen LogP contribution in [0.15, 0.2) is 71.7 Å². The maximum absolute atomic E-state index is 13.6. The topological polar surface area (TPSA) is 92.1 Å². The van der Waals surface area contributed by atoms with Gasteiger partial charge in [0.25, 0.3) is 11.5 Å². The van der Waals surface area contributed by atoms with E-state index in [4.69, 9.17) is 4.74 Å². The molecule has 0 radical (unpaired) electrons. The number of benzene rings is 2. The molecule has 1 aliphatic heterocycles. The average molecular weight is 546 g/mol. The first-order valence-electron chi connectivity index (χ1n) is 13.8. The average Bonchev–Trinajstić information content (AvgIpc) is 2.96. The number of piperidine rings is 1. The second-order valence-electron chi connectivity index (χ2n) is 10.9. The molecular weight excluding hydrogens is 506 g/mol. The minimum atomic E-state index is -1.17. The van der Waals surface area contributed by atoms with Gasteiger partial charge in [-0.3, -0.25) is 14.4 Å². The van der Waals surface area contributed by atoms with Crippen molar-refractivity contribution >= 4 is 11.8 Å². The Labute approximate surface area is 235 Å². The van der Waals surface area contributed by atoms with E-state index < -0.39 is 5.60 Å². The molecule has 40 heavy (non-hydrogen) atoms. The summed E-state index contributed by atoms with van der Waals surface area (Å²) in [6.07, 6.45) is 3.34. The highest BCUT2D eigenvalue weighted by Gasteiger charge is 2.35. The van der Waals surface area contributed by atoms with E-state index in [2.05, 4.69) is 0 Å². The van der Waals surface area contributed by atoms with Gasteiger partial charge in [0.2, 0.25) is 5.91 Å². The maximum Gasteiger partial charge on any atom is 0.255 e. The zero-order chi connectivity index (χ0) is 28.9. The van der Waals surface area contributed by atoms with E-state index in [9.17, 15) is 19.5 Å². The number of amides is 2. The van der Waals surface area contributed by atoms with Crippen molar-refractivity contribution in [1.29, 1.82) is 0 Å². The molecule has 4 rings (SSSR count). The van der Waals surface area contributed by atoms with Crippen LogP contribution in [0, 0.1) is 0 Å². The van der Waals surface area contributed by atoms with Gasteiger partial charge in [-0.2, -0.15) is 0 Å². The third-order valence-electron chi connectivity index (χ3n) is 7.83. The van der Waals surface area contributed by atoms with Crippen LogP contribution in [0.5, 0.6) is 5.75 Å². The number of aryl methyl sites for hydroxylation is 1. The van der Waals surface area contributed by atoms with E-state index in [1.54, 1.807) is 36.2 Å². The van der Waals surface area contributed by atoms with Crippen LogP contribution < -0.4 is 10.3 Å². The number of methoxy groups -OCH3 is 1. The third-order valence-corrected chi connectivity index (χ3v) is 7.83. The van der Waals surface area contributed by atoms with Crippen LogP contribution in [0.25, 0.3) is 11.1 Å². The number of aliphatic hydroxyl groups is 1. The van der Waals surface area contributed by atoms with Crippen LogP contribution in [0.1, 0.15) is 49.0 Å². The van der Waals surface area contributed by atoms with Gasteiger partial charge in [-0.05, 0) is 44.7 Å². The number of hydrogen-bond donors (Lipinski definition) is 1. The summed E-state index contributed by atoms with van der Waals surface area (Å²) in [5, 5.41) is 11.4. The molecule has 2 heterocycles. The van der Waals surface area contributed by atoms with Gasteiger partial charge in [-0.1, -0.05) is 48.5 Å². The van der Waals surface area contributed by atoms with Gasteiger partial charge < -0.3 is 24.2 Å². The van der Waals surface area contributed by atoms with Gasteiger partial charge >= 0.3 is 0 Å². The van der Waals surface area contributed by atoms with Crippen LogP contribution in [0.3, 0.4) is 0 Å². The predicted molar refractivity (Wildman–Crippen MR) is 155 cm³/mol. The molecule has 1 fully saturated rings. The van der Waals surface area contributed by atoms with Crippen molar-refractivity contribution in [3.05, 3.63) is 88.3 Å². The number of likely N-dealkylation sites (tertiary alicyclic amines) is 1. The summed E-state index contributed by atoms with van der Waals surface area (Å²) in [5.74, 6) is 0.396. The molecule has 8 nitrogen and oxygen atoms in total. The Bertz CT molecular complexity index is 1390. The second kappa shape index (κ2) is 12.5. The Balaban J connectivity index is 1.54. The zero-order valence-electron chi connectivity index (χ0n) is 23.8. The van der Waals surface area contributed by atoms with Gasteiger partial charge in [-0.15, -0.1) is 0 Å². The predicted octanol–water partition coefficient (Wildman–Crippen LogP) is 3.99. The third kappa shape index (κ3) is 6.62. The Hall–Kier alpha value is -3.91. The number of rotatable bonds is 9. The fraction of sp³-hybridized carbons (Fsp3) is 0.406. The Morgan fingerprint density at radius 1 is 1.02 bits per heavy atom. The van der Waals surface area contributed by atoms with Crippen molar-refractivity contribution < 1.29 is 19.4 Å². The Kier molecular flexibility index (Phi) is 9.10. The lowest BCUT2D eigenvalue weighted by atomic mass is 9.90. The molecule has 0 atom stereocenters. The molecule has 0 bridgehead atoms. The number of aromatic nitrogens is 1. The van der Waals surface area contributed by atoms with Crippen molar-refractivity contribution in [3.8, 4) is 16.9 Å². The first-order valence-corrected chi connectivity index (χ1v) is 13.8. The van der Waals surface area contributed by atoms with Crippen LogP contribution in [-0.2, 0) is 17.8 Å². The summed E-state index contributed by atoms with van der Waals surface area (Å²) in [5.41, 5.74) is 1.12. The van der Waals surface area contributed by atoms with E-state index in [1.165, 1.54) is 10.6 Å². The molecule has 0 aliphatic carbocycles. The first-order chi connectivity index (χ1) is 19.1. The molecule has 1 saturated heterocycles. The number of ether oxygens (including phenoxy) is 1. The van der Waals surface area contributed by atoms with Gasteiger partial charge in [0, 0.05) is 56.0 Å². The van der Waals surface area contributed by atoms with Gasteiger partial charge in [0.15, 0.2) is 0 Å². The highest BCUT2D eigenvalue weighted by Crippen LogP contribution is 2.32. The summed E-state index contributed by atoms with van der Waals surface area (Å²) in [4.78, 5) is 43.1. The fourth-order valence-corrected chi connectivity index (χ4v) is 5.08. The fourth-order valence-electron chi connectivity index (χ4n) is 5.08. The second-order valence-corrected chi connectivity index (χ2v) is 10.9. The maximum atomic E-state index is 13.6. The van der Waals surface area contributed by atoms with Crippen molar-refractivity contribution in [1.82, 2.24) is 14.4 Å². The van der Waals surface area contributed by atoms with Crippen molar-refractivity contribution in [2.24, 2.45) is 0 Å². The number of para-hydroxylation sites is 1. The molecule has 1 aromatic heterocycles. The van der Waals surface area contributed by atoms with Gasteiger partial charge in [0.05, 0.1) is 24.8 Å². The molecule has 0 saturated carbocycles. The number of carbonyl (C=O) groups excluding carboxylic acids is 2. The van der Waals surface area contributed by atoms with E-state index in [-0.39, 0.29) is 30.0 Å². The molecular formula is C32H39N3O5. The monoisotopic (exact) mass is 545 g/mol.